The van der Waals surface area contributed by atoms with Crippen LogP contribution in [0, 0.1) is 0 Å². The smallest absolute Gasteiger partial charge is 0.152 e. The van der Waals surface area contributed by atoms with Gasteiger partial charge in [-0.05, 0) is 56.4 Å². The molecule has 1 aromatic carbocycles. The van der Waals surface area contributed by atoms with Crippen molar-refractivity contribution in [2.75, 3.05) is 19.4 Å². The maximum Gasteiger partial charge on any atom is 0.152 e. The molecule has 0 bridgehead atoms. The summed E-state index contributed by atoms with van der Waals surface area (Å²) in [6.45, 7) is 4.70. The highest BCUT2D eigenvalue weighted by molar-refractivity contribution is 5.91. The highest BCUT2D eigenvalue weighted by atomic mass is 15.1. The Morgan fingerprint density at radius 3 is 2.88 bits per heavy atom. The third kappa shape index (κ3) is 3.03. The first-order chi connectivity index (χ1) is 12.2. The normalized spacial score (nSPS) is 14.2. The summed E-state index contributed by atoms with van der Waals surface area (Å²) >= 11 is 0. The van der Waals surface area contributed by atoms with Crippen LogP contribution in [-0.4, -0.2) is 41.7 Å². The van der Waals surface area contributed by atoms with Crippen molar-refractivity contribution in [1.82, 2.24) is 14.9 Å². The van der Waals surface area contributed by atoms with Gasteiger partial charge in [0.1, 0.15) is 5.69 Å². The summed E-state index contributed by atoms with van der Waals surface area (Å²) in [5.41, 5.74) is 5.28. The van der Waals surface area contributed by atoms with E-state index in [4.69, 9.17) is 0 Å². The number of anilines is 1. The number of aliphatic imine (C=N–C) groups is 1. The summed E-state index contributed by atoms with van der Waals surface area (Å²) in [5.74, 6) is 0.734. The number of aromatic amines is 1. The molecule has 0 amide bonds. The lowest BCUT2D eigenvalue weighted by molar-refractivity contribution is 0.316. The molecule has 25 heavy (non-hydrogen) atoms. The predicted octanol–water partition coefficient (Wildman–Crippen LogP) is 4.20. The van der Waals surface area contributed by atoms with Crippen LogP contribution in [0.1, 0.15) is 18.4 Å². The Hall–Kier alpha value is -2.66. The van der Waals surface area contributed by atoms with Gasteiger partial charge < -0.3 is 10.3 Å². The van der Waals surface area contributed by atoms with Crippen LogP contribution in [0.5, 0.6) is 0 Å². The molecule has 2 aromatic heterocycles. The second-order valence-electron chi connectivity index (χ2n) is 6.71. The molecule has 2 N–H and O–H groups in total. The Labute approximate surface area is 147 Å². The van der Waals surface area contributed by atoms with E-state index in [1.165, 1.54) is 23.8 Å². The van der Waals surface area contributed by atoms with Gasteiger partial charge in [0.25, 0.3) is 0 Å². The van der Waals surface area contributed by atoms with Crippen molar-refractivity contribution >= 4 is 29.1 Å². The van der Waals surface area contributed by atoms with Crippen LogP contribution in [0.3, 0.4) is 0 Å². The molecule has 0 saturated heterocycles. The molecule has 0 spiro atoms. The summed E-state index contributed by atoms with van der Waals surface area (Å²) in [4.78, 5) is 14.4. The van der Waals surface area contributed by atoms with Gasteiger partial charge in [-0.25, -0.2) is 4.98 Å². The van der Waals surface area contributed by atoms with Crippen LogP contribution < -0.4 is 5.32 Å². The van der Waals surface area contributed by atoms with Crippen LogP contribution in [0.4, 0.5) is 11.5 Å². The molecule has 1 fully saturated rings. The molecule has 5 nitrogen and oxygen atoms in total. The zero-order chi connectivity index (χ0) is 17.4. The van der Waals surface area contributed by atoms with E-state index in [0.29, 0.717) is 0 Å². The number of pyridine rings is 1. The molecule has 5 heteroatoms. The summed E-state index contributed by atoms with van der Waals surface area (Å²) in [6, 6.07) is 11.6. The first-order valence-corrected chi connectivity index (χ1v) is 8.65. The summed E-state index contributed by atoms with van der Waals surface area (Å²) < 4.78 is 0. The van der Waals surface area contributed by atoms with Crippen LogP contribution in [0.2, 0.25) is 0 Å². The van der Waals surface area contributed by atoms with Crippen molar-refractivity contribution in [3.05, 3.63) is 42.1 Å². The molecule has 1 saturated carbocycles. The maximum absolute atomic E-state index is 4.31. The van der Waals surface area contributed by atoms with Gasteiger partial charge in [-0.2, -0.15) is 0 Å². The minimum absolute atomic E-state index is 0.734. The number of hydrogen-bond acceptors (Lipinski definition) is 4. The zero-order valence-electron chi connectivity index (χ0n) is 14.7. The molecule has 3 aromatic rings. The molecule has 128 valence electrons. The van der Waals surface area contributed by atoms with Gasteiger partial charge in [-0.1, -0.05) is 6.07 Å². The van der Waals surface area contributed by atoms with E-state index in [1.807, 2.05) is 13.1 Å². The Morgan fingerprint density at radius 2 is 2.16 bits per heavy atom. The maximum atomic E-state index is 4.31. The Kier molecular flexibility index (Phi) is 4.01. The number of nitrogens with one attached hydrogen (secondary N) is 2. The van der Waals surface area contributed by atoms with Crippen molar-refractivity contribution < 1.29 is 0 Å². The lowest BCUT2D eigenvalue weighted by Crippen LogP contribution is -2.19. The van der Waals surface area contributed by atoms with E-state index >= 15 is 0 Å². The second-order valence-corrected chi connectivity index (χ2v) is 6.71. The molecule has 2 heterocycles. The number of fused-ring (bicyclic) bond motifs is 1. The average Bonchev–Trinajstić information content (AvgIpc) is 3.40. The molecule has 0 atom stereocenters. The average molecular weight is 333 g/mol. The van der Waals surface area contributed by atoms with Crippen molar-refractivity contribution in [3.8, 4) is 11.3 Å². The van der Waals surface area contributed by atoms with Crippen molar-refractivity contribution in [2.24, 2.45) is 4.99 Å². The lowest BCUT2D eigenvalue weighted by atomic mass is 10.1. The van der Waals surface area contributed by atoms with Gasteiger partial charge in [-0.3, -0.25) is 9.89 Å². The zero-order valence-corrected chi connectivity index (χ0v) is 14.7. The lowest BCUT2D eigenvalue weighted by Gasteiger charge is -2.15. The number of benzene rings is 1. The Morgan fingerprint density at radius 1 is 1.32 bits per heavy atom. The van der Waals surface area contributed by atoms with Gasteiger partial charge in [0.15, 0.2) is 5.82 Å². The fraction of sp³-hybridized carbons (Fsp3) is 0.300. The largest absolute Gasteiger partial charge is 0.371 e. The highest BCUT2D eigenvalue weighted by Crippen LogP contribution is 2.36. The van der Waals surface area contributed by atoms with Gasteiger partial charge in [0.05, 0.1) is 0 Å². The first kappa shape index (κ1) is 15.8. The van der Waals surface area contributed by atoms with E-state index < -0.39 is 0 Å². The minimum Gasteiger partial charge on any atom is -0.371 e. The van der Waals surface area contributed by atoms with Crippen molar-refractivity contribution in [3.63, 3.8) is 0 Å². The molecular formula is C20H23N5. The third-order valence-corrected chi connectivity index (χ3v) is 4.90. The number of H-pyrrole nitrogens is 1. The quantitative estimate of drug-likeness (QED) is 0.665. The minimum atomic E-state index is 0.734. The SMILES string of the molecule is C=Nc1c(-c2cc3cc(CN(C)C4CC4)ccc3[nH]2)ccnc1NC. The van der Waals surface area contributed by atoms with Gasteiger partial charge >= 0.3 is 0 Å². The number of rotatable bonds is 6. The molecule has 0 aliphatic heterocycles. The van der Waals surface area contributed by atoms with E-state index in [9.17, 15) is 0 Å². The van der Waals surface area contributed by atoms with Crippen LogP contribution in [0.25, 0.3) is 22.2 Å². The van der Waals surface area contributed by atoms with E-state index in [-0.39, 0.29) is 0 Å². The number of aromatic nitrogens is 2. The van der Waals surface area contributed by atoms with Gasteiger partial charge in [-0.15, -0.1) is 0 Å². The number of hydrogen-bond donors (Lipinski definition) is 2. The number of nitrogens with zero attached hydrogens (tertiary/aromatic N) is 3. The summed E-state index contributed by atoms with van der Waals surface area (Å²) in [5, 5.41) is 4.29. The summed E-state index contributed by atoms with van der Waals surface area (Å²) in [7, 11) is 4.05. The predicted molar refractivity (Wildman–Crippen MR) is 105 cm³/mol. The second kappa shape index (κ2) is 6.33. The van der Waals surface area contributed by atoms with Crippen LogP contribution in [0.15, 0.2) is 41.5 Å². The van der Waals surface area contributed by atoms with E-state index in [1.54, 1.807) is 6.20 Å². The first-order valence-electron chi connectivity index (χ1n) is 8.65. The Balaban J connectivity index is 1.70. The van der Waals surface area contributed by atoms with E-state index in [0.717, 1.165) is 40.9 Å². The summed E-state index contributed by atoms with van der Waals surface area (Å²) in [6.07, 6.45) is 4.46. The topological polar surface area (TPSA) is 56.3 Å². The van der Waals surface area contributed by atoms with Crippen molar-refractivity contribution in [1.29, 1.82) is 0 Å². The van der Waals surface area contributed by atoms with E-state index in [2.05, 4.69) is 63.2 Å². The molecule has 0 radical (unpaired) electrons. The monoisotopic (exact) mass is 333 g/mol. The molecule has 4 rings (SSSR count). The van der Waals surface area contributed by atoms with Crippen molar-refractivity contribution in [2.45, 2.75) is 25.4 Å². The van der Waals surface area contributed by atoms with Crippen LogP contribution >= 0.6 is 0 Å². The fourth-order valence-corrected chi connectivity index (χ4v) is 3.37. The standard InChI is InChI=1S/C20H23N5/c1-21-19-16(8-9-23-20(19)22-2)18-11-14-10-13(4-7-17(14)24-18)12-25(3)15-5-6-15/h4,7-11,15,24H,1,5-6,12H2,2-3H3,(H,22,23). The molecule has 1 aliphatic carbocycles. The molecule has 1 aliphatic rings. The van der Waals surface area contributed by atoms with Crippen LogP contribution in [-0.2, 0) is 6.54 Å². The fourth-order valence-electron chi connectivity index (χ4n) is 3.37. The van der Waals surface area contributed by atoms with Gasteiger partial charge in [0, 0.05) is 48.0 Å². The van der Waals surface area contributed by atoms with Gasteiger partial charge in [0.2, 0.25) is 0 Å². The Bertz CT molecular complexity index is 923. The molecule has 0 unspecified atom stereocenters. The third-order valence-electron chi connectivity index (χ3n) is 4.90. The molecular weight excluding hydrogens is 310 g/mol. The highest BCUT2D eigenvalue weighted by Gasteiger charge is 2.25.